The lowest BCUT2D eigenvalue weighted by atomic mass is 9.43. The van der Waals surface area contributed by atoms with E-state index in [2.05, 4.69) is 31.4 Å². The summed E-state index contributed by atoms with van der Waals surface area (Å²) in [5.41, 5.74) is 1.96. The summed E-state index contributed by atoms with van der Waals surface area (Å²) in [6.45, 7) is 8.99. The van der Waals surface area contributed by atoms with Crippen molar-refractivity contribution in [3.8, 4) is 0 Å². The zero-order valence-corrected chi connectivity index (χ0v) is 27.1. The largest absolute Gasteiger partial charge is 0.480 e. The van der Waals surface area contributed by atoms with Gasteiger partial charge in [-0.3, -0.25) is 9.59 Å². The van der Waals surface area contributed by atoms with Crippen LogP contribution in [0.4, 0.5) is 5.69 Å². The van der Waals surface area contributed by atoms with Gasteiger partial charge in [-0.15, -0.1) is 0 Å². The number of nitrogens with one attached hydrogen (secondary N) is 2. The third-order valence-electron chi connectivity index (χ3n) is 13.0. The number of aliphatic carboxylic acids is 1. The molecule has 4 fully saturated rings. The average molecular weight is 611 g/mol. The number of carbonyl (C=O) groups excluding carboxylic acids is 2. The van der Waals surface area contributed by atoms with Crippen molar-refractivity contribution in [3.63, 3.8) is 0 Å². The molecule has 0 unspecified atom stereocenters. The van der Waals surface area contributed by atoms with Gasteiger partial charge in [0.2, 0.25) is 11.8 Å². The maximum absolute atomic E-state index is 12.9. The van der Waals surface area contributed by atoms with Crippen LogP contribution < -0.4 is 10.6 Å². The Labute approximate surface area is 262 Å². The van der Waals surface area contributed by atoms with Crippen LogP contribution in [-0.2, 0) is 14.4 Å². The quantitative estimate of drug-likeness (QED) is 0.231. The summed E-state index contributed by atoms with van der Waals surface area (Å²) >= 11 is 0. The molecule has 0 aromatic heterocycles. The fourth-order valence-electron chi connectivity index (χ4n) is 10.5. The molecule has 4 saturated carbocycles. The Morgan fingerprint density at radius 1 is 0.909 bits per heavy atom. The van der Waals surface area contributed by atoms with Gasteiger partial charge in [-0.1, -0.05) is 39.0 Å². The first kappa shape index (κ1) is 32.9. The lowest BCUT2D eigenvalue weighted by Gasteiger charge is -2.62. The molecule has 44 heavy (non-hydrogen) atoms. The highest BCUT2D eigenvalue weighted by Crippen LogP contribution is 2.68. The number of rotatable bonds is 10. The molecule has 0 radical (unpaired) electrons. The minimum Gasteiger partial charge on any atom is -0.480 e. The molecule has 8 heteroatoms. The lowest BCUT2D eigenvalue weighted by molar-refractivity contribution is -0.174. The van der Waals surface area contributed by atoms with E-state index >= 15 is 0 Å². The van der Waals surface area contributed by atoms with Gasteiger partial charge in [0.1, 0.15) is 6.04 Å². The van der Waals surface area contributed by atoms with Crippen LogP contribution in [0.3, 0.4) is 0 Å². The molecule has 8 nitrogen and oxygen atoms in total. The lowest BCUT2D eigenvalue weighted by Crippen LogP contribution is -2.58. The van der Waals surface area contributed by atoms with Crippen molar-refractivity contribution in [2.75, 3.05) is 5.32 Å². The van der Waals surface area contributed by atoms with Crippen LogP contribution in [0.1, 0.15) is 103 Å². The first-order valence-corrected chi connectivity index (χ1v) is 17.1. The monoisotopic (exact) mass is 610 g/mol. The van der Waals surface area contributed by atoms with Crippen molar-refractivity contribution in [1.29, 1.82) is 0 Å². The number of carbonyl (C=O) groups is 3. The highest BCUT2D eigenvalue weighted by Gasteiger charge is 2.62. The number of aliphatic hydroxyl groups excluding tert-OH is 2. The van der Waals surface area contributed by atoms with Gasteiger partial charge in [0.15, 0.2) is 0 Å². The number of aryl methyl sites for hydroxylation is 1. The van der Waals surface area contributed by atoms with Gasteiger partial charge < -0.3 is 26.0 Å². The standard InChI is InChI=1S/C36H54N2O6/c1-21(9-13-31(41)38-29(34(43)44)12-14-32(42)37-28-8-6-5-7-22(28)2)25-10-11-26-33-27(16-18-36(25,26)4)35(3)17-15-24(39)19-23(35)20-30(33)40/h5-8,21,23-27,29-30,33,39-40H,9-20H2,1-4H3,(H,37,42)(H,38,41)(H,43,44)/t21-,23+,24-,25-,26+,27+,29+,30-,33+,35+,36-/m1/s1. The minimum absolute atomic E-state index is 0.00180. The van der Waals surface area contributed by atoms with Gasteiger partial charge in [0, 0.05) is 18.5 Å². The van der Waals surface area contributed by atoms with Crippen LogP contribution in [0.2, 0.25) is 0 Å². The Morgan fingerprint density at radius 3 is 2.32 bits per heavy atom. The number of hydrogen-bond donors (Lipinski definition) is 5. The predicted molar refractivity (Wildman–Crippen MR) is 170 cm³/mol. The molecular formula is C36H54N2O6. The highest BCUT2D eigenvalue weighted by molar-refractivity contribution is 5.92. The third kappa shape index (κ3) is 6.44. The van der Waals surface area contributed by atoms with Crippen LogP contribution in [-0.4, -0.2) is 51.4 Å². The molecule has 5 N–H and O–H groups in total. The molecule has 1 aromatic rings. The number of aliphatic hydroxyl groups is 2. The molecule has 4 aliphatic rings. The molecule has 244 valence electrons. The Kier molecular flexibility index (Phi) is 9.81. The Hall–Kier alpha value is -2.45. The SMILES string of the molecule is Cc1ccccc1NC(=O)CC[C@H](NC(=O)CC[C@@H](C)[C@H]1CC[C@H]2[C@@H]3[C@H](O)C[C@@H]4C[C@H](O)CC[C@]4(C)[C@H]3CC[C@]12C)C(=O)O. The van der Waals surface area contributed by atoms with Crippen molar-refractivity contribution in [2.24, 2.45) is 46.3 Å². The Bertz CT molecular complexity index is 1220. The summed E-state index contributed by atoms with van der Waals surface area (Å²) in [6, 6.07) is 6.31. The zero-order valence-electron chi connectivity index (χ0n) is 27.1. The van der Waals surface area contributed by atoms with E-state index in [0.29, 0.717) is 47.6 Å². The summed E-state index contributed by atoms with van der Waals surface area (Å²) in [6.07, 6.45) is 8.48. The van der Waals surface area contributed by atoms with Crippen LogP contribution in [0, 0.1) is 53.3 Å². The van der Waals surface area contributed by atoms with Gasteiger partial charge >= 0.3 is 5.97 Å². The first-order valence-electron chi connectivity index (χ1n) is 17.1. The third-order valence-corrected chi connectivity index (χ3v) is 13.0. The number of carboxylic acids is 1. The molecule has 11 atom stereocenters. The molecule has 1 aromatic carbocycles. The molecule has 5 rings (SSSR count). The maximum Gasteiger partial charge on any atom is 0.326 e. The summed E-state index contributed by atoms with van der Waals surface area (Å²) < 4.78 is 0. The maximum atomic E-state index is 12.9. The highest BCUT2D eigenvalue weighted by atomic mass is 16.4. The number of para-hydroxylation sites is 1. The minimum atomic E-state index is -1.13. The number of hydrogen-bond acceptors (Lipinski definition) is 5. The second kappa shape index (κ2) is 13.1. The van der Waals surface area contributed by atoms with Crippen LogP contribution in [0.5, 0.6) is 0 Å². The summed E-state index contributed by atoms with van der Waals surface area (Å²) in [4.78, 5) is 37.3. The van der Waals surface area contributed by atoms with Crippen LogP contribution in [0.15, 0.2) is 24.3 Å². The molecular weight excluding hydrogens is 556 g/mol. The number of fused-ring (bicyclic) bond motifs is 5. The summed E-state index contributed by atoms with van der Waals surface area (Å²) in [5.74, 6) is 0.778. The number of anilines is 1. The van der Waals surface area contributed by atoms with Gasteiger partial charge in [-0.2, -0.15) is 0 Å². The fraction of sp³-hybridized carbons (Fsp3) is 0.750. The van der Waals surface area contributed by atoms with Crippen molar-refractivity contribution < 1.29 is 29.7 Å². The predicted octanol–water partition coefficient (Wildman–Crippen LogP) is 5.69. The Balaban J connectivity index is 1.14. The van der Waals surface area contributed by atoms with E-state index in [1.54, 1.807) is 6.07 Å². The average Bonchev–Trinajstić information content (AvgIpc) is 3.33. The molecule has 4 aliphatic carbocycles. The van der Waals surface area contributed by atoms with E-state index in [9.17, 15) is 29.7 Å². The van der Waals surface area contributed by atoms with Crippen molar-refractivity contribution >= 4 is 23.5 Å². The topological polar surface area (TPSA) is 136 Å². The number of amides is 2. The first-order chi connectivity index (χ1) is 20.8. The van der Waals surface area contributed by atoms with Gasteiger partial charge in [0.25, 0.3) is 0 Å². The van der Waals surface area contributed by atoms with Crippen LogP contribution in [0.25, 0.3) is 0 Å². The second-order valence-corrected chi connectivity index (χ2v) is 15.3. The molecule has 0 aliphatic heterocycles. The number of benzene rings is 1. The van der Waals surface area contributed by atoms with Crippen molar-refractivity contribution in [2.45, 2.75) is 123 Å². The molecule has 0 bridgehead atoms. The molecule has 0 heterocycles. The Morgan fingerprint density at radius 2 is 1.59 bits per heavy atom. The number of carboxylic acid groups (broad SMARTS) is 1. The normalized spacial score (nSPS) is 37.5. The molecule has 0 saturated heterocycles. The zero-order chi connectivity index (χ0) is 31.8. The second-order valence-electron chi connectivity index (χ2n) is 15.3. The van der Waals surface area contributed by atoms with E-state index in [4.69, 9.17) is 0 Å². The van der Waals surface area contributed by atoms with E-state index in [1.165, 1.54) is 0 Å². The fourth-order valence-corrected chi connectivity index (χ4v) is 10.5. The van der Waals surface area contributed by atoms with Gasteiger partial charge in [0.05, 0.1) is 12.2 Å². The van der Waals surface area contributed by atoms with Gasteiger partial charge in [-0.05, 0) is 129 Å². The van der Waals surface area contributed by atoms with Crippen molar-refractivity contribution in [1.82, 2.24) is 5.32 Å². The summed E-state index contributed by atoms with van der Waals surface area (Å²) in [5, 5.41) is 37.1. The smallest absolute Gasteiger partial charge is 0.326 e. The van der Waals surface area contributed by atoms with Gasteiger partial charge in [-0.25, -0.2) is 4.79 Å². The summed E-state index contributed by atoms with van der Waals surface area (Å²) in [7, 11) is 0. The van der Waals surface area contributed by atoms with Crippen LogP contribution >= 0.6 is 0 Å². The van der Waals surface area contributed by atoms with E-state index in [0.717, 1.165) is 56.9 Å². The van der Waals surface area contributed by atoms with E-state index < -0.39 is 12.0 Å². The van der Waals surface area contributed by atoms with E-state index in [-0.39, 0.29) is 54.1 Å². The molecule has 0 spiro atoms. The molecule has 2 amide bonds. The van der Waals surface area contributed by atoms with Crippen molar-refractivity contribution in [3.05, 3.63) is 29.8 Å². The van der Waals surface area contributed by atoms with E-state index in [1.807, 2.05) is 25.1 Å².